The summed E-state index contributed by atoms with van der Waals surface area (Å²) in [5.41, 5.74) is 0.810. The number of ether oxygens (including phenoxy) is 2. The van der Waals surface area contributed by atoms with E-state index in [2.05, 4.69) is 15.3 Å². The molecule has 1 aliphatic heterocycles. The summed E-state index contributed by atoms with van der Waals surface area (Å²) in [6.45, 7) is 8.45. The van der Waals surface area contributed by atoms with E-state index in [9.17, 15) is 4.79 Å². The summed E-state index contributed by atoms with van der Waals surface area (Å²) in [7, 11) is 0. The predicted molar refractivity (Wildman–Crippen MR) is 78.6 cm³/mol. The monoisotopic (exact) mass is 294 g/mol. The number of rotatable bonds is 5. The van der Waals surface area contributed by atoms with Crippen molar-refractivity contribution >= 4 is 11.9 Å². The molecular formula is C14H22N4O3. The highest BCUT2D eigenvalue weighted by atomic mass is 16.5. The summed E-state index contributed by atoms with van der Waals surface area (Å²) >= 11 is 0. The van der Waals surface area contributed by atoms with Crippen LogP contribution in [0.3, 0.4) is 0 Å². The molecule has 2 heterocycles. The fourth-order valence-electron chi connectivity index (χ4n) is 2.27. The Morgan fingerprint density at radius 2 is 2.24 bits per heavy atom. The van der Waals surface area contributed by atoms with Crippen LogP contribution in [0.4, 0.5) is 5.95 Å². The van der Waals surface area contributed by atoms with Crippen molar-refractivity contribution in [2.75, 3.05) is 37.7 Å². The smallest absolute Gasteiger partial charge is 0.330 e. The minimum Gasteiger partial charge on any atom is -0.478 e. The van der Waals surface area contributed by atoms with Gasteiger partial charge in [0.15, 0.2) is 0 Å². The van der Waals surface area contributed by atoms with E-state index in [0.29, 0.717) is 38.1 Å². The lowest BCUT2D eigenvalue weighted by atomic mass is 10.2. The van der Waals surface area contributed by atoms with Gasteiger partial charge in [-0.15, -0.1) is 0 Å². The lowest BCUT2D eigenvalue weighted by Crippen LogP contribution is -2.56. The molecule has 0 spiro atoms. The van der Waals surface area contributed by atoms with E-state index in [1.807, 2.05) is 18.7 Å². The molecule has 0 aromatic carbocycles. The number of aryl methyl sites for hydroxylation is 1. The molecule has 1 unspecified atom stereocenters. The van der Waals surface area contributed by atoms with Gasteiger partial charge in [-0.25, -0.2) is 9.78 Å². The molecule has 7 nitrogen and oxygen atoms in total. The average molecular weight is 294 g/mol. The fourth-order valence-corrected chi connectivity index (χ4v) is 2.27. The zero-order valence-electron chi connectivity index (χ0n) is 12.8. The van der Waals surface area contributed by atoms with E-state index in [0.717, 1.165) is 12.2 Å². The van der Waals surface area contributed by atoms with Crippen molar-refractivity contribution in [2.45, 2.75) is 26.8 Å². The molecule has 1 aliphatic rings. The van der Waals surface area contributed by atoms with Crippen molar-refractivity contribution in [3.63, 3.8) is 0 Å². The van der Waals surface area contributed by atoms with Crippen LogP contribution in [0.1, 0.15) is 19.5 Å². The molecule has 1 fully saturated rings. The predicted octanol–water partition coefficient (Wildman–Crippen LogP) is 0.525. The highest BCUT2D eigenvalue weighted by Gasteiger charge is 2.31. The number of carbonyl (C=O) groups excluding carboxylic acids is 1. The van der Waals surface area contributed by atoms with Gasteiger partial charge in [-0.2, -0.15) is 4.98 Å². The van der Waals surface area contributed by atoms with Gasteiger partial charge in [0.05, 0.1) is 13.2 Å². The van der Waals surface area contributed by atoms with Crippen molar-refractivity contribution in [1.82, 2.24) is 15.3 Å². The van der Waals surface area contributed by atoms with Gasteiger partial charge in [-0.1, -0.05) is 0 Å². The maximum Gasteiger partial charge on any atom is 0.330 e. The number of aromatic nitrogens is 2. The van der Waals surface area contributed by atoms with E-state index in [-0.39, 0.29) is 5.97 Å². The van der Waals surface area contributed by atoms with E-state index in [4.69, 9.17) is 9.47 Å². The molecule has 1 aromatic heterocycles. The third kappa shape index (κ3) is 3.81. The average Bonchev–Trinajstić information content (AvgIpc) is 2.47. The largest absolute Gasteiger partial charge is 0.478 e. The zero-order valence-corrected chi connectivity index (χ0v) is 12.8. The van der Waals surface area contributed by atoms with E-state index < -0.39 is 6.04 Å². The van der Waals surface area contributed by atoms with E-state index in [1.165, 1.54) is 0 Å². The molecule has 7 heteroatoms. The summed E-state index contributed by atoms with van der Waals surface area (Å²) in [6, 6.07) is 1.38. The number of carbonyl (C=O) groups is 1. The molecule has 1 N–H and O–H groups in total. The van der Waals surface area contributed by atoms with Crippen molar-refractivity contribution in [2.24, 2.45) is 0 Å². The Bertz CT molecular complexity index is 495. The Labute approximate surface area is 124 Å². The first kappa shape index (κ1) is 15.5. The Balaban J connectivity index is 2.26. The first-order valence-corrected chi connectivity index (χ1v) is 7.28. The van der Waals surface area contributed by atoms with E-state index in [1.54, 1.807) is 13.0 Å². The fraction of sp³-hybridized carbons (Fsp3) is 0.643. The first-order valence-electron chi connectivity index (χ1n) is 7.28. The van der Waals surface area contributed by atoms with Crippen LogP contribution in [0.25, 0.3) is 0 Å². The minimum atomic E-state index is -0.407. The Kier molecular flexibility index (Phi) is 5.32. The molecule has 1 aromatic rings. The second-order valence-corrected chi connectivity index (χ2v) is 4.75. The number of piperazine rings is 1. The third-order valence-electron chi connectivity index (χ3n) is 3.17. The molecule has 21 heavy (non-hydrogen) atoms. The highest BCUT2D eigenvalue weighted by Crippen LogP contribution is 2.19. The van der Waals surface area contributed by atoms with Crippen LogP contribution >= 0.6 is 0 Å². The van der Waals surface area contributed by atoms with Crippen molar-refractivity contribution in [3.05, 3.63) is 11.8 Å². The second kappa shape index (κ2) is 7.21. The second-order valence-electron chi connectivity index (χ2n) is 4.75. The van der Waals surface area contributed by atoms with Gasteiger partial charge in [0.1, 0.15) is 6.04 Å². The molecule has 1 atom stereocenters. The summed E-state index contributed by atoms with van der Waals surface area (Å²) < 4.78 is 10.6. The summed E-state index contributed by atoms with van der Waals surface area (Å²) in [5.74, 6) is 0.784. The maximum absolute atomic E-state index is 12.1. The van der Waals surface area contributed by atoms with Crippen LogP contribution in [0.5, 0.6) is 5.88 Å². The number of anilines is 1. The minimum absolute atomic E-state index is 0.257. The van der Waals surface area contributed by atoms with Crippen molar-refractivity contribution in [3.8, 4) is 5.88 Å². The highest BCUT2D eigenvalue weighted by molar-refractivity contribution is 5.80. The Hall–Kier alpha value is -1.89. The van der Waals surface area contributed by atoms with Crippen LogP contribution in [0.2, 0.25) is 0 Å². The van der Waals surface area contributed by atoms with Crippen LogP contribution in [0, 0.1) is 6.92 Å². The standard InChI is InChI=1S/C14H22N4O3/c1-4-20-12-8-10(3)16-14(17-12)18-7-6-15-9-11(18)13(19)21-5-2/h8,11,15H,4-7,9H2,1-3H3. The van der Waals surface area contributed by atoms with Gasteiger partial charge in [-0.05, 0) is 20.8 Å². The number of esters is 1. The number of nitrogens with one attached hydrogen (secondary N) is 1. The summed E-state index contributed by atoms with van der Waals surface area (Å²) in [5, 5.41) is 3.20. The molecule has 116 valence electrons. The maximum atomic E-state index is 12.1. The van der Waals surface area contributed by atoms with Gasteiger partial charge in [0.2, 0.25) is 11.8 Å². The Morgan fingerprint density at radius 1 is 1.43 bits per heavy atom. The van der Waals surface area contributed by atoms with Gasteiger partial charge in [-0.3, -0.25) is 0 Å². The SMILES string of the molecule is CCOC(=O)C1CNCCN1c1nc(C)cc(OCC)n1. The summed E-state index contributed by atoms with van der Waals surface area (Å²) in [6.07, 6.45) is 0. The topological polar surface area (TPSA) is 76.6 Å². The molecule has 0 saturated carbocycles. The van der Waals surface area contributed by atoms with Crippen molar-refractivity contribution < 1.29 is 14.3 Å². The van der Waals surface area contributed by atoms with Gasteiger partial charge < -0.3 is 19.7 Å². The molecule has 0 amide bonds. The molecule has 0 radical (unpaired) electrons. The van der Waals surface area contributed by atoms with Gasteiger partial charge in [0, 0.05) is 31.4 Å². The molecule has 0 aliphatic carbocycles. The first-order chi connectivity index (χ1) is 10.2. The number of hydrogen-bond donors (Lipinski definition) is 1. The Morgan fingerprint density at radius 3 is 2.95 bits per heavy atom. The van der Waals surface area contributed by atoms with Crippen LogP contribution < -0.4 is 15.0 Å². The molecule has 2 rings (SSSR count). The third-order valence-corrected chi connectivity index (χ3v) is 3.17. The zero-order chi connectivity index (χ0) is 15.2. The lowest BCUT2D eigenvalue weighted by molar-refractivity contribution is -0.144. The normalized spacial score (nSPS) is 18.4. The van der Waals surface area contributed by atoms with E-state index >= 15 is 0 Å². The molecule has 1 saturated heterocycles. The number of hydrogen-bond acceptors (Lipinski definition) is 7. The number of nitrogens with zero attached hydrogens (tertiary/aromatic N) is 3. The quantitative estimate of drug-likeness (QED) is 0.794. The van der Waals surface area contributed by atoms with Crippen LogP contribution in [-0.2, 0) is 9.53 Å². The van der Waals surface area contributed by atoms with Crippen molar-refractivity contribution in [1.29, 1.82) is 0 Å². The molecule has 0 bridgehead atoms. The van der Waals surface area contributed by atoms with Crippen LogP contribution in [0.15, 0.2) is 6.07 Å². The van der Waals surface area contributed by atoms with Gasteiger partial charge >= 0.3 is 5.97 Å². The lowest BCUT2D eigenvalue weighted by Gasteiger charge is -2.34. The molecular weight excluding hydrogens is 272 g/mol. The van der Waals surface area contributed by atoms with Crippen LogP contribution in [-0.4, -0.2) is 54.8 Å². The van der Waals surface area contributed by atoms with Gasteiger partial charge in [0.25, 0.3) is 0 Å². The summed E-state index contributed by atoms with van der Waals surface area (Å²) in [4.78, 5) is 22.8.